The Bertz CT molecular complexity index is 934. The molecule has 0 spiro atoms. The number of unbranched alkanes of at least 4 members (excludes halogenated alkanes) is 3. The zero-order valence-corrected chi connectivity index (χ0v) is 18.3. The van der Waals surface area contributed by atoms with Gasteiger partial charge in [0.15, 0.2) is 10.8 Å². The molecule has 158 valence electrons. The van der Waals surface area contributed by atoms with E-state index >= 15 is 0 Å². The third kappa shape index (κ3) is 5.93. The van der Waals surface area contributed by atoms with E-state index in [0.717, 1.165) is 43.4 Å². The average Bonchev–Trinajstić information content (AvgIpc) is 2.68. The Balaban J connectivity index is 2.42. The van der Waals surface area contributed by atoms with Crippen molar-refractivity contribution in [2.24, 2.45) is 0 Å². The van der Waals surface area contributed by atoms with Gasteiger partial charge in [0.1, 0.15) is 5.82 Å². The fourth-order valence-corrected chi connectivity index (χ4v) is 3.34. The largest absolute Gasteiger partial charge is 0.383 e. The van der Waals surface area contributed by atoms with Gasteiger partial charge >= 0.3 is 5.69 Å². The molecule has 1 aromatic carbocycles. The lowest BCUT2D eigenvalue weighted by Crippen LogP contribution is -2.43. The molecule has 0 unspecified atom stereocenters. The van der Waals surface area contributed by atoms with Crippen LogP contribution in [0.5, 0.6) is 0 Å². The Morgan fingerprint density at radius 1 is 1.14 bits per heavy atom. The number of rotatable bonds is 9. The summed E-state index contributed by atoms with van der Waals surface area (Å²) in [5.74, 6) is 0.150. The SMILES string of the molecule is CCCCCN(C(=S)Nc1ccc(C)cc1)c1c(N)n(CCCC)c(=O)[nH]c1=O. The van der Waals surface area contributed by atoms with E-state index in [-0.39, 0.29) is 11.5 Å². The number of nitrogen functional groups attached to an aromatic ring is 1. The molecule has 8 heteroatoms. The van der Waals surface area contributed by atoms with Gasteiger partial charge in [0.05, 0.1) is 0 Å². The molecule has 7 nitrogen and oxygen atoms in total. The monoisotopic (exact) mass is 417 g/mol. The van der Waals surface area contributed by atoms with Crippen molar-refractivity contribution in [1.82, 2.24) is 9.55 Å². The minimum atomic E-state index is -0.523. The Morgan fingerprint density at radius 2 is 1.79 bits per heavy atom. The zero-order valence-electron chi connectivity index (χ0n) is 17.5. The van der Waals surface area contributed by atoms with E-state index in [2.05, 4.69) is 17.2 Å². The van der Waals surface area contributed by atoms with Crippen molar-refractivity contribution in [2.45, 2.75) is 59.4 Å². The first-order chi connectivity index (χ1) is 13.9. The van der Waals surface area contributed by atoms with Crippen LogP contribution < -0.4 is 27.2 Å². The fraction of sp³-hybridized carbons (Fsp3) is 0.476. The minimum absolute atomic E-state index is 0.150. The molecule has 2 rings (SSSR count). The summed E-state index contributed by atoms with van der Waals surface area (Å²) in [4.78, 5) is 29.0. The molecule has 29 heavy (non-hydrogen) atoms. The Labute approximate surface area is 176 Å². The van der Waals surface area contributed by atoms with Gasteiger partial charge in [-0.3, -0.25) is 14.3 Å². The van der Waals surface area contributed by atoms with Crippen LogP contribution in [0.25, 0.3) is 0 Å². The molecule has 1 aromatic heterocycles. The zero-order chi connectivity index (χ0) is 21.4. The van der Waals surface area contributed by atoms with E-state index in [9.17, 15) is 9.59 Å². The molecule has 0 saturated heterocycles. The van der Waals surface area contributed by atoms with Crippen molar-refractivity contribution >= 4 is 34.5 Å². The molecular weight excluding hydrogens is 386 g/mol. The van der Waals surface area contributed by atoms with E-state index in [4.69, 9.17) is 18.0 Å². The molecule has 0 saturated carbocycles. The van der Waals surface area contributed by atoms with Crippen molar-refractivity contribution in [3.05, 3.63) is 50.7 Å². The van der Waals surface area contributed by atoms with E-state index in [1.807, 2.05) is 38.1 Å². The molecule has 0 amide bonds. The van der Waals surface area contributed by atoms with E-state index in [1.54, 1.807) is 4.90 Å². The predicted octanol–water partition coefficient (Wildman–Crippen LogP) is 3.62. The Hall–Kier alpha value is -2.61. The lowest BCUT2D eigenvalue weighted by atomic mass is 10.2. The lowest BCUT2D eigenvalue weighted by Gasteiger charge is -2.27. The van der Waals surface area contributed by atoms with Gasteiger partial charge in [-0.1, -0.05) is 50.8 Å². The number of nitrogens with two attached hydrogens (primary N) is 1. The highest BCUT2D eigenvalue weighted by atomic mass is 32.1. The van der Waals surface area contributed by atoms with Crippen LogP contribution >= 0.6 is 12.2 Å². The average molecular weight is 418 g/mol. The lowest BCUT2D eigenvalue weighted by molar-refractivity contribution is 0.604. The normalized spacial score (nSPS) is 10.7. The molecule has 0 aliphatic carbocycles. The molecule has 0 fully saturated rings. The van der Waals surface area contributed by atoms with Gasteiger partial charge in [0, 0.05) is 18.8 Å². The summed E-state index contributed by atoms with van der Waals surface area (Å²) < 4.78 is 1.42. The molecule has 0 bridgehead atoms. The van der Waals surface area contributed by atoms with Crippen molar-refractivity contribution in [3.63, 3.8) is 0 Å². The number of nitrogens with zero attached hydrogens (tertiary/aromatic N) is 2. The van der Waals surface area contributed by atoms with Crippen molar-refractivity contribution in [3.8, 4) is 0 Å². The topological polar surface area (TPSA) is 96.2 Å². The number of nitrogens with one attached hydrogen (secondary N) is 2. The maximum atomic E-state index is 12.7. The first-order valence-corrected chi connectivity index (χ1v) is 10.6. The molecule has 0 aliphatic heterocycles. The highest BCUT2D eigenvalue weighted by Gasteiger charge is 2.22. The number of aryl methyl sites for hydroxylation is 1. The second-order valence-corrected chi connectivity index (χ2v) is 7.54. The standard InChI is InChI=1S/C21H31N5O2S/c1-4-6-8-14-25(21(29)23-16-11-9-15(3)10-12-16)17-18(22)26(13-7-5-2)20(28)24-19(17)27/h9-12H,4-8,13-14,22H2,1-3H3,(H,23,29)(H,24,27,28). The molecule has 2 aromatic rings. The summed E-state index contributed by atoms with van der Waals surface area (Å²) in [6.07, 6.45) is 4.58. The third-order valence-corrected chi connectivity index (χ3v) is 5.08. The fourth-order valence-electron chi connectivity index (χ4n) is 3.04. The molecule has 4 N–H and O–H groups in total. The second kappa shape index (κ2) is 10.8. The first-order valence-electron chi connectivity index (χ1n) is 10.2. The summed E-state index contributed by atoms with van der Waals surface area (Å²) in [6.45, 7) is 7.14. The van der Waals surface area contributed by atoms with Crippen LogP contribution in [-0.2, 0) is 6.54 Å². The minimum Gasteiger partial charge on any atom is -0.383 e. The number of hydrogen-bond acceptors (Lipinski definition) is 4. The Kier molecular flexibility index (Phi) is 8.45. The number of aromatic amines is 1. The number of thiocarbonyl (C=S) groups is 1. The van der Waals surface area contributed by atoms with Crippen LogP contribution in [0.15, 0.2) is 33.9 Å². The smallest absolute Gasteiger partial charge is 0.330 e. The molecule has 0 aliphatic rings. The highest BCUT2D eigenvalue weighted by molar-refractivity contribution is 7.80. The maximum Gasteiger partial charge on any atom is 0.330 e. The van der Waals surface area contributed by atoms with Gasteiger partial charge < -0.3 is 16.0 Å². The number of hydrogen-bond donors (Lipinski definition) is 3. The summed E-state index contributed by atoms with van der Waals surface area (Å²) in [5.41, 5.74) is 7.48. The van der Waals surface area contributed by atoms with Crippen LogP contribution in [0.3, 0.4) is 0 Å². The summed E-state index contributed by atoms with van der Waals surface area (Å²) in [7, 11) is 0. The van der Waals surface area contributed by atoms with Gasteiger partial charge in [0.25, 0.3) is 5.56 Å². The second-order valence-electron chi connectivity index (χ2n) is 7.15. The van der Waals surface area contributed by atoms with Crippen LogP contribution in [0.2, 0.25) is 0 Å². The third-order valence-electron chi connectivity index (χ3n) is 4.75. The van der Waals surface area contributed by atoms with Crippen LogP contribution in [0.1, 0.15) is 51.5 Å². The van der Waals surface area contributed by atoms with Crippen LogP contribution in [-0.4, -0.2) is 21.2 Å². The molecule has 0 radical (unpaired) electrons. The first kappa shape index (κ1) is 22.7. The van der Waals surface area contributed by atoms with Crippen molar-refractivity contribution in [2.75, 3.05) is 22.5 Å². The predicted molar refractivity (Wildman–Crippen MR) is 125 cm³/mol. The van der Waals surface area contributed by atoms with Gasteiger partial charge in [0.2, 0.25) is 0 Å². The van der Waals surface area contributed by atoms with Crippen molar-refractivity contribution < 1.29 is 0 Å². The Morgan fingerprint density at radius 3 is 2.41 bits per heavy atom. The number of anilines is 3. The number of benzene rings is 1. The molecular formula is C21H31N5O2S. The van der Waals surface area contributed by atoms with E-state index < -0.39 is 11.2 Å². The van der Waals surface area contributed by atoms with Gasteiger partial charge in [-0.15, -0.1) is 0 Å². The van der Waals surface area contributed by atoms with Gasteiger partial charge in [-0.25, -0.2) is 4.79 Å². The van der Waals surface area contributed by atoms with Crippen molar-refractivity contribution in [1.29, 1.82) is 0 Å². The van der Waals surface area contributed by atoms with Gasteiger partial charge in [-0.2, -0.15) is 0 Å². The van der Waals surface area contributed by atoms with Crippen LogP contribution in [0, 0.1) is 6.92 Å². The summed E-state index contributed by atoms with van der Waals surface area (Å²) in [5, 5.41) is 3.57. The molecule has 0 atom stereocenters. The number of H-pyrrole nitrogens is 1. The summed E-state index contributed by atoms with van der Waals surface area (Å²) >= 11 is 5.62. The van der Waals surface area contributed by atoms with Gasteiger partial charge in [-0.05, 0) is 44.1 Å². The molecule has 1 heterocycles. The van der Waals surface area contributed by atoms with E-state index in [1.165, 1.54) is 4.57 Å². The van der Waals surface area contributed by atoms with E-state index in [0.29, 0.717) is 18.2 Å². The quantitative estimate of drug-likeness (QED) is 0.426. The summed E-state index contributed by atoms with van der Waals surface area (Å²) in [6, 6.07) is 7.83. The maximum absolute atomic E-state index is 12.7. The highest BCUT2D eigenvalue weighted by Crippen LogP contribution is 2.20. The van der Waals surface area contributed by atoms with Crippen LogP contribution in [0.4, 0.5) is 17.2 Å². The number of aromatic nitrogens is 2.